The summed E-state index contributed by atoms with van der Waals surface area (Å²) in [7, 11) is 0. The summed E-state index contributed by atoms with van der Waals surface area (Å²) in [5, 5.41) is 1.33. The van der Waals surface area contributed by atoms with Crippen molar-refractivity contribution in [3.05, 3.63) is 35.9 Å². The molecule has 3 aromatic rings. The fourth-order valence-electron chi connectivity index (χ4n) is 4.72. The van der Waals surface area contributed by atoms with Crippen LogP contribution in [-0.2, 0) is 9.53 Å². The molecule has 0 aromatic carbocycles. The third-order valence-electron chi connectivity index (χ3n) is 6.52. The van der Waals surface area contributed by atoms with Gasteiger partial charge >= 0.3 is 6.09 Å². The summed E-state index contributed by atoms with van der Waals surface area (Å²) in [5.41, 5.74) is 0.818. The van der Waals surface area contributed by atoms with Crippen molar-refractivity contribution < 1.29 is 14.3 Å². The van der Waals surface area contributed by atoms with Crippen molar-refractivity contribution in [3.63, 3.8) is 0 Å². The minimum atomic E-state index is -0.564. The van der Waals surface area contributed by atoms with Crippen molar-refractivity contribution >= 4 is 46.1 Å². The van der Waals surface area contributed by atoms with Gasteiger partial charge in [-0.2, -0.15) is 0 Å². The lowest BCUT2D eigenvalue weighted by Gasteiger charge is -2.45. The van der Waals surface area contributed by atoms with Crippen LogP contribution >= 0.6 is 11.6 Å². The average Bonchev–Trinajstić information content (AvgIpc) is 3.17. The number of aromatic nitrogens is 4. The molecule has 190 valence electrons. The van der Waals surface area contributed by atoms with Gasteiger partial charge in [-0.15, -0.1) is 0 Å². The van der Waals surface area contributed by atoms with Crippen LogP contribution in [0.5, 0.6) is 0 Å². The van der Waals surface area contributed by atoms with Crippen molar-refractivity contribution in [3.8, 4) is 5.82 Å². The number of fused-ring (bicyclic) bond motifs is 1. The van der Waals surface area contributed by atoms with Crippen molar-refractivity contribution in [2.75, 3.05) is 29.4 Å². The van der Waals surface area contributed by atoms with Gasteiger partial charge in [0.25, 0.3) is 0 Å². The smallest absolute Gasteiger partial charge is 0.410 e. The predicted molar refractivity (Wildman–Crippen MR) is 138 cm³/mol. The molecule has 0 spiro atoms. The van der Waals surface area contributed by atoms with E-state index in [1.165, 1.54) is 6.33 Å². The fourth-order valence-corrected chi connectivity index (χ4v) is 4.87. The number of nitrogens with zero attached hydrogens (tertiary/aromatic N) is 7. The van der Waals surface area contributed by atoms with E-state index in [1.54, 1.807) is 28.1 Å². The standard InChI is InChI=1S/C25H30ClN7O3/c1-15-12-32(24(35)36-25(3,4)5)16(2)11-31(15)22-21-18(30-9-7-20(30)34)13-33(23(21)29-14-28-22)19-10-17(26)6-8-27-19/h6,8,10,13-16H,7,9,11-12H2,1-5H3. The number of piperazine rings is 1. The van der Waals surface area contributed by atoms with E-state index in [0.29, 0.717) is 42.5 Å². The molecule has 5 rings (SSSR count). The number of pyridine rings is 1. The van der Waals surface area contributed by atoms with Gasteiger partial charge in [0.05, 0.1) is 11.1 Å². The second kappa shape index (κ2) is 8.92. The van der Waals surface area contributed by atoms with Crippen molar-refractivity contribution in [1.82, 2.24) is 24.4 Å². The van der Waals surface area contributed by atoms with Gasteiger partial charge in [-0.1, -0.05) is 11.6 Å². The molecule has 0 N–H and O–H groups in total. The Morgan fingerprint density at radius 1 is 1.14 bits per heavy atom. The predicted octanol–water partition coefficient (Wildman–Crippen LogP) is 4.04. The highest BCUT2D eigenvalue weighted by atomic mass is 35.5. The van der Waals surface area contributed by atoms with Crippen LogP contribution in [0.3, 0.4) is 0 Å². The van der Waals surface area contributed by atoms with E-state index in [2.05, 4.69) is 26.8 Å². The van der Waals surface area contributed by atoms with Crippen LogP contribution in [0.15, 0.2) is 30.9 Å². The highest BCUT2D eigenvalue weighted by Crippen LogP contribution is 2.39. The Labute approximate surface area is 214 Å². The van der Waals surface area contributed by atoms with E-state index in [1.807, 2.05) is 38.5 Å². The summed E-state index contributed by atoms with van der Waals surface area (Å²) >= 11 is 6.24. The van der Waals surface area contributed by atoms with Crippen molar-refractivity contribution in [2.45, 2.75) is 58.7 Å². The summed E-state index contributed by atoms with van der Waals surface area (Å²) < 4.78 is 7.48. The minimum absolute atomic E-state index is 0.0422. The molecule has 0 saturated carbocycles. The molecule has 36 heavy (non-hydrogen) atoms. The van der Waals surface area contributed by atoms with Gasteiger partial charge in [0.15, 0.2) is 5.65 Å². The fraction of sp³-hybridized carbons (Fsp3) is 0.480. The Bertz CT molecular complexity index is 1330. The Hall–Kier alpha value is -3.40. The monoisotopic (exact) mass is 511 g/mol. The maximum Gasteiger partial charge on any atom is 0.410 e. The molecular formula is C25H30ClN7O3. The maximum atomic E-state index is 12.8. The number of amides is 2. The van der Waals surface area contributed by atoms with Crippen LogP contribution in [0.4, 0.5) is 16.3 Å². The van der Waals surface area contributed by atoms with E-state index in [9.17, 15) is 9.59 Å². The molecule has 0 aliphatic carbocycles. The van der Waals surface area contributed by atoms with Gasteiger partial charge in [-0.3, -0.25) is 9.36 Å². The van der Waals surface area contributed by atoms with E-state index < -0.39 is 5.60 Å². The molecule has 2 amide bonds. The van der Waals surface area contributed by atoms with Gasteiger partial charge in [-0.05, 0) is 40.7 Å². The summed E-state index contributed by atoms with van der Waals surface area (Å²) in [5.74, 6) is 1.38. The molecule has 2 aliphatic rings. The average molecular weight is 512 g/mol. The zero-order valence-corrected chi connectivity index (χ0v) is 21.9. The molecule has 2 aliphatic heterocycles. The number of hydrogen-bond acceptors (Lipinski definition) is 7. The molecule has 5 heterocycles. The molecule has 2 fully saturated rings. The van der Waals surface area contributed by atoms with Crippen LogP contribution in [0.1, 0.15) is 41.0 Å². The van der Waals surface area contributed by atoms with Gasteiger partial charge < -0.3 is 19.4 Å². The van der Waals surface area contributed by atoms with Crippen molar-refractivity contribution in [2.24, 2.45) is 0 Å². The molecule has 0 radical (unpaired) electrons. The first-order valence-corrected chi connectivity index (χ1v) is 12.5. The van der Waals surface area contributed by atoms with Crippen LogP contribution in [-0.4, -0.2) is 73.7 Å². The first kappa shape index (κ1) is 24.3. The zero-order chi connectivity index (χ0) is 25.8. The molecular weight excluding hydrogens is 482 g/mol. The molecule has 2 saturated heterocycles. The summed E-state index contributed by atoms with van der Waals surface area (Å²) in [6, 6.07) is 3.32. The Balaban J connectivity index is 1.57. The van der Waals surface area contributed by atoms with Gasteiger partial charge in [0, 0.05) is 61.6 Å². The first-order chi connectivity index (χ1) is 17.0. The first-order valence-electron chi connectivity index (χ1n) is 12.1. The minimum Gasteiger partial charge on any atom is -0.444 e. The quantitative estimate of drug-likeness (QED) is 0.489. The number of carbonyl (C=O) groups is 2. The summed E-state index contributed by atoms with van der Waals surface area (Å²) in [6.45, 7) is 11.3. The number of β-lactam (4-membered cyclic amide) rings is 1. The van der Waals surface area contributed by atoms with E-state index >= 15 is 0 Å². The Morgan fingerprint density at radius 3 is 2.56 bits per heavy atom. The number of ether oxygens (including phenoxy) is 1. The number of hydrogen-bond donors (Lipinski definition) is 0. The molecule has 2 unspecified atom stereocenters. The lowest BCUT2D eigenvalue weighted by Crippen LogP contribution is -2.59. The van der Waals surface area contributed by atoms with E-state index in [0.717, 1.165) is 16.9 Å². The SMILES string of the molecule is CC1CN(c2ncnc3c2c(N2CCC2=O)cn3-c2cc(Cl)ccn2)C(C)CN1C(=O)OC(C)(C)C. The van der Waals surface area contributed by atoms with Crippen LogP contribution in [0.25, 0.3) is 16.9 Å². The van der Waals surface area contributed by atoms with Crippen LogP contribution in [0.2, 0.25) is 5.02 Å². The van der Waals surface area contributed by atoms with Crippen LogP contribution in [0, 0.1) is 0 Å². The van der Waals surface area contributed by atoms with Crippen molar-refractivity contribution in [1.29, 1.82) is 0 Å². The number of halogens is 1. The lowest BCUT2D eigenvalue weighted by atomic mass is 10.1. The second-order valence-corrected chi connectivity index (χ2v) is 10.8. The largest absolute Gasteiger partial charge is 0.444 e. The highest BCUT2D eigenvalue weighted by Gasteiger charge is 2.37. The summed E-state index contributed by atoms with van der Waals surface area (Å²) in [4.78, 5) is 44.7. The second-order valence-electron chi connectivity index (χ2n) is 10.4. The number of carbonyl (C=O) groups excluding carboxylic acids is 2. The normalized spacial score (nSPS) is 20.6. The maximum absolute atomic E-state index is 12.8. The summed E-state index contributed by atoms with van der Waals surface area (Å²) in [6.07, 6.45) is 5.23. The topological polar surface area (TPSA) is 96.7 Å². The molecule has 0 bridgehead atoms. The van der Waals surface area contributed by atoms with Gasteiger partial charge in [0.1, 0.15) is 23.6 Å². The highest BCUT2D eigenvalue weighted by molar-refractivity contribution is 6.30. The third-order valence-corrected chi connectivity index (χ3v) is 6.76. The Kier molecular flexibility index (Phi) is 6.02. The number of rotatable bonds is 3. The Morgan fingerprint density at radius 2 is 1.92 bits per heavy atom. The molecule has 2 atom stereocenters. The number of anilines is 2. The van der Waals surface area contributed by atoms with Crippen LogP contribution < -0.4 is 9.80 Å². The van der Waals surface area contributed by atoms with Gasteiger partial charge in [0.2, 0.25) is 5.91 Å². The molecule has 10 nitrogen and oxygen atoms in total. The van der Waals surface area contributed by atoms with E-state index in [4.69, 9.17) is 16.3 Å². The molecule has 3 aromatic heterocycles. The lowest BCUT2D eigenvalue weighted by molar-refractivity contribution is -0.122. The van der Waals surface area contributed by atoms with E-state index in [-0.39, 0.29) is 24.1 Å². The van der Waals surface area contributed by atoms with Gasteiger partial charge in [-0.25, -0.2) is 19.7 Å². The molecule has 11 heteroatoms. The zero-order valence-electron chi connectivity index (χ0n) is 21.1. The third kappa shape index (κ3) is 4.34.